The Morgan fingerprint density at radius 3 is 2.26 bits per heavy atom. The van der Waals surface area contributed by atoms with Gasteiger partial charge in [-0.1, -0.05) is 0 Å². The summed E-state index contributed by atoms with van der Waals surface area (Å²) < 4.78 is 0. The molecule has 0 aliphatic rings. The first-order chi connectivity index (χ1) is 8.82. The van der Waals surface area contributed by atoms with Gasteiger partial charge in [-0.15, -0.1) is 9.95 Å². The zero-order valence-electron chi connectivity index (χ0n) is 9.29. The van der Waals surface area contributed by atoms with Crippen LogP contribution in [-0.4, -0.2) is 26.9 Å². The summed E-state index contributed by atoms with van der Waals surface area (Å²) in [6, 6.07) is 2.88. The molecule has 4 N–H and O–H groups in total. The van der Waals surface area contributed by atoms with Crippen molar-refractivity contribution in [1.82, 2.24) is 0 Å². The highest BCUT2D eigenvalue weighted by Crippen LogP contribution is 2.23. The predicted octanol–water partition coefficient (Wildman–Crippen LogP) is -0.379. The number of hydrazone groups is 1. The quantitative estimate of drug-likeness (QED) is 0.186. The van der Waals surface area contributed by atoms with E-state index in [0.29, 0.717) is 0 Å². The molecule has 1 aromatic carbocycles. The van der Waals surface area contributed by atoms with Crippen molar-refractivity contribution in [3.8, 4) is 0 Å². The lowest BCUT2D eigenvalue weighted by molar-refractivity contribution is -0.464. The molecule has 1 aromatic rings. The molecule has 0 fully saturated rings. The lowest BCUT2D eigenvalue weighted by Gasteiger charge is -2.02. The van der Waals surface area contributed by atoms with Crippen molar-refractivity contribution >= 4 is 23.5 Å². The molecule has 0 atom stereocenters. The van der Waals surface area contributed by atoms with E-state index in [0.717, 1.165) is 24.4 Å². The van der Waals surface area contributed by atoms with Gasteiger partial charge in [-0.2, -0.15) is 0 Å². The summed E-state index contributed by atoms with van der Waals surface area (Å²) in [5.74, 6) is -0.652. The smallest absolute Gasteiger partial charge is 0.366 e. The monoisotopic (exact) mass is 268 g/mol. The Bertz CT molecular complexity index is 591. The van der Waals surface area contributed by atoms with Gasteiger partial charge in [0.15, 0.2) is 0 Å². The van der Waals surface area contributed by atoms with Crippen LogP contribution in [0.25, 0.3) is 0 Å². The van der Waals surface area contributed by atoms with Crippen LogP contribution in [0.3, 0.4) is 0 Å². The summed E-state index contributed by atoms with van der Waals surface area (Å²) in [5.41, 5.74) is 8.75. The Kier molecular flexibility index (Phi) is 3.93. The van der Waals surface area contributed by atoms with Crippen LogP contribution in [0.2, 0.25) is 0 Å². The third-order valence-electron chi connectivity index (χ3n) is 1.94. The van der Waals surface area contributed by atoms with Crippen molar-refractivity contribution in [2.75, 3.05) is 0 Å². The molecule has 0 heterocycles. The number of non-ortho nitro benzene ring substituents is 1. The van der Waals surface area contributed by atoms with Crippen LogP contribution in [0.5, 0.6) is 0 Å². The Labute approximate surface area is 105 Å². The van der Waals surface area contributed by atoms with E-state index in [1.54, 1.807) is 0 Å². The van der Waals surface area contributed by atoms with Crippen LogP contribution in [0.15, 0.2) is 23.3 Å². The second-order valence-corrected chi connectivity index (χ2v) is 3.20. The minimum atomic E-state index is -0.834. The van der Waals surface area contributed by atoms with Crippen LogP contribution in [-0.2, 0) is 0 Å². The van der Waals surface area contributed by atoms with Crippen LogP contribution in [0.1, 0.15) is 5.56 Å². The molecule has 0 saturated heterocycles. The molecule has 1 rings (SSSR count). The zero-order valence-corrected chi connectivity index (χ0v) is 9.29. The molecule has 0 aromatic heterocycles. The molecule has 0 saturated carbocycles. The standard InChI is InChI=1S/C8H8N6O5/c9-8(10)12(15)11-4-5-1-2-6(13(16)17)3-7(5)14(18)19/h1-4H,9-10H2. The van der Waals surface area contributed by atoms with Gasteiger partial charge < -0.3 is 5.21 Å². The average molecular weight is 268 g/mol. The predicted molar refractivity (Wildman–Crippen MR) is 64.4 cm³/mol. The van der Waals surface area contributed by atoms with Gasteiger partial charge in [-0.25, -0.2) is 0 Å². The number of nitro benzene ring substituents is 2. The summed E-state index contributed by atoms with van der Waals surface area (Å²) in [4.78, 5) is 19.5. The molecule has 11 nitrogen and oxygen atoms in total. The van der Waals surface area contributed by atoms with Crippen LogP contribution >= 0.6 is 0 Å². The maximum absolute atomic E-state index is 10.9. The number of hydrogen-bond donors (Lipinski definition) is 2. The summed E-state index contributed by atoms with van der Waals surface area (Å²) in [5, 5.41) is 35.4. The van der Waals surface area contributed by atoms with E-state index in [-0.39, 0.29) is 10.4 Å². The topological polar surface area (TPSA) is 177 Å². The molecule has 0 aliphatic carbocycles. The third kappa shape index (κ3) is 3.36. The first-order valence-electron chi connectivity index (χ1n) is 4.65. The SMILES string of the molecule is NC(N)=[N+]([O-])N=Cc1ccc([N+](=O)[O-])cc1[N+](=O)[O-]. The molecule has 0 spiro atoms. The van der Waals surface area contributed by atoms with E-state index < -0.39 is 27.2 Å². The lowest BCUT2D eigenvalue weighted by Crippen LogP contribution is -2.30. The fourth-order valence-electron chi connectivity index (χ4n) is 1.09. The van der Waals surface area contributed by atoms with Crippen molar-refractivity contribution in [1.29, 1.82) is 0 Å². The highest BCUT2D eigenvalue weighted by Gasteiger charge is 2.18. The zero-order chi connectivity index (χ0) is 14.6. The summed E-state index contributed by atoms with van der Waals surface area (Å²) >= 11 is 0. The molecular formula is C8H8N6O5. The maximum atomic E-state index is 10.9. The summed E-state index contributed by atoms with van der Waals surface area (Å²) in [6.07, 6.45) is 0.828. The third-order valence-corrected chi connectivity index (χ3v) is 1.94. The lowest BCUT2D eigenvalue weighted by atomic mass is 10.2. The highest BCUT2D eigenvalue weighted by molar-refractivity contribution is 5.85. The molecular weight excluding hydrogens is 260 g/mol. The van der Waals surface area contributed by atoms with Gasteiger partial charge in [0.25, 0.3) is 11.4 Å². The average Bonchev–Trinajstić information content (AvgIpc) is 2.35. The van der Waals surface area contributed by atoms with Crippen LogP contribution in [0, 0.1) is 25.4 Å². The van der Waals surface area contributed by atoms with Gasteiger partial charge in [0.2, 0.25) is 0 Å². The molecule has 0 radical (unpaired) electrons. The summed E-state index contributed by atoms with van der Waals surface area (Å²) in [6.45, 7) is 0. The Morgan fingerprint density at radius 1 is 1.16 bits per heavy atom. The minimum absolute atomic E-state index is 0.0994. The fraction of sp³-hybridized carbons (Fsp3) is 0. The Hall–Kier alpha value is -3.24. The second-order valence-electron chi connectivity index (χ2n) is 3.20. The molecule has 0 unspecified atom stereocenters. The van der Waals surface area contributed by atoms with Crippen molar-refractivity contribution in [3.63, 3.8) is 0 Å². The van der Waals surface area contributed by atoms with E-state index in [4.69, 9.17) is 11.5 Å². The van der Waals surface area contributed by atoms with Crippen molar-refractivity contribution < 1.29 is 14.7 Å². The van der Waals surface area contributed by atoms with E-state index in [1.807, 2.05) is 0 Å². The Morgan fingerprint density at radius 2 is 1.79 bits per heavy atom. The van der Waals surface area contributed by atoms with E-state index >= 15 is 0 Å². The van der Waals surface area contributed by atoms with E-state index in [9.17, 15) is 25.4 Å². The normalized spacial score (nSPS) is 10.3. The van der Waals surface area contributed by atoms with Gasteiger partial charge in [0.05, 0.1) is 27.7 Å². The number of guanidine groups is 1. The maximum Gasteiger partial charge on any atom is 0.366 e. The fourth-order valence-corrected chi connectivity index (χ4v) is 1.09. The second kappa shape index (κ2) is 5.39. The molecule has 19 heavy (non-hydrogen) atoms. The number of rotatable bonds is 4. The highest BCUT2D eigenvalue weighted by atomic mass is 16.6. The molecule has 11 heteroatoms. The van der Waals surface area contributed by atoms with E-state index in [2.05, 4.69) is 5.10 Å². The first-order valence-corrected chi connectivity index (χ1v) is 4.65. The number of nitrogens with zero attached hydrogens (tertiary/aromatic N) is 4. The number of benzene rings is 1. The molecule has 100 valence electrons. The van der Waals surface area contributed by atoms with Gasteiger partial charge in [-0.3, -0.25) is 31.7 Å². The van der Waals surface area contributed by atoms with E-state index in [1.165, 1.54) is 0 Å². The number of nitrogens with two attached hydrogens (primary N) is 2. The number of nitro groups is 2. The largest absolute Gasteiger partial charge is 0.722 e. The van der Waals surface area contributed by atoms with Crippen molar-refractivity contribution in [3.05, 3.63) is 49.2 Å². The van der Waals surface area contributed by atoms with Crippen molar-refractivity contribution in [2.24, 2.45) is 16.6 Å². The first kappa shape index (κ1) is 13.8. The molecule has 0 aliphatic heterocycles. The van der Waals surface area contributed by atoms with Gasteiger partial charge in [-0.05, 0) is 6.07 Å². The van der Waals surface area contributed by atoms with Gasteiger partial charge >= 0.3 is 5.96 Å². The molecule has 0 bridgehead atoms. The van der Waals surface area contributed by atoms with Crippen LogP contribution in [0.4, 0.5) is 11.4 Å². The van der Waals surface area contributed by atoms with Gasteiger partial charge in [0.1, 0.15) is 0 Å². The van der Waals surface area contributed by atoms with Crippen molar-refractivity contribution in [2.45, 2.75) is 0 Å². The Balaban J connectivity index is 3.25. The molecule has 0 amide bonds. The van der Waals surface area contributed by atoms with Gasteiger partial charge in [0, 0.05) is 6.07 Å². The number of hydrogen-bond acceptors (Lipinski definition) is 6. The summed E-state index contributed by atoms with van der Waals surface area (Å²) in [7, 11) is 0. The minimum Gasteiger partial charge on any atom is -0.722 e. The van der Waals surface area contributed by atoms with Crippen LogP contribution < -0.4 is 11.5 Å².